The second-order valence-corrected chi connectivity index (χ2v) is 5.54. The highest BCUT2D eigenvalue weighted by Gasteiger charge is 2.34. The molecule has 1 aliphatic carbocycles. The van der Waals surface area contributed by atoms with Gasteiger partial charge < -0.3 is 10.2 Å². The first-order chi connectivity index (χ1) is 8.54. The normalized spacial score (nSPS) is 23.8. The van der Waals surface area contributed by atoms with Gasteiger partial charge >= 0.3 is 0 Å². The fourth-order valence-electron chi connectivity index (χ4n) is 2.54. The number of benzene rings is 1. The zero-order valence-electron chi connectivity index (χ0n) is 11.7. The Balaban J connectivity index is 2.23. The molecule has 3 heteroatoms. The molecule has 0 aliphatic heterocycles. The molecule has 0 heterocycles. The SMILES string of the molecule is CNC(C)c1cccc(F)c1N(C)CC1CC1C. The first kappa shape index (κ1) is 13.3. The number of nitrogens with zero attached hydrogens (tertiary/aromatic N) is 1. The van der Waals surface area contributed by atoms with Gasteiger partial charge in [-0.25, -0.2) is 4.39 Å². The summed E-state index contributed by atoms with van der Waals surface area (Å²) in [6.45, 7) is 5.27. The van der Waals surface area contributed by atoms with Crippen LogP contribution >= 0.6 is 0 Å². The van der Waals surface area contributed by atoms with Crippen LogP contribution in [0.4, 0.5) is 10.1 Å². The lowest BCUT2D eigenvalue weighted by Gasteiger charge is -2.25. The second kappa shape index (κ2) is 5.27. The third kappa shape index (κ3) is 2.66. The Morgan fingerprint density at radius 2 is 2.17 bits per heavy atom. The third-order valence-electron chi connectivity index (χ3n) is 4.08. The van der Waals surface area contributed by atoms with Crippen molar-refractivity contribution in [1.29, 1.82) is 0 Å². The van der Waals surface area contributed by atoms with E-state index in [0.29, 0.717) is 0 Å². The fourth-order valence-corrected chi connectivity index (χ4v) is 2.54. The van der Waals surface area contributed by atoms with E-state index in [2.05, 4.69) is 24.1 Å². The molecule has 18 heavy (non-hydrogen) atoms. The minimum atomic E-state index is -0.120. The van der Waals surface area contributed by atoms with Crippen molar-refractivity contribution in [2.45, 2.75) is 26.3 Å². The Bertz CT molecular complexity index is 419. The summed E-state index contributed by atoms with van der Waals surface area (Å²) in [7, 11) is 3.90. The first-order valence-corrected chi connectivity index (χ1v) is 6.71. The van der Waals surface area contributed by atoms with E-state index in [4.69, 9.17) is 0 Å². The average molecular weight is 250 g/mol. The van der Waals surface area contributed by atoms with Crippen LogP contribution < -0.4 is 10.2 Å². The lowest BCUT2D eigenvalue weighted by atomic mass is 10.0. The Labute approximate surface area is 109 Å². The molecular formula is C15H23FN2. The molecule has 1 N–H and O–H groups in total. The quantitative estimate of drug-likeness (QED) is 0.863. The van der Waals surface area contributed by atoms with E-state index >= 15 is 0 Å². The van der Waals surface area contributed by atoms with E-state index in [-0.39, 0.29) is 11.9 Å². The van der Waals surface area contributed by atoms with Crippen LogP contribution in [0.2, 0.25) is 0 Å². The summed E-state index contributed by atoms with van der Waals surface area (Å²) >= 11 is 0. The Kier molecular flexibility index (Phi) is 3.91. The molecule has 3 unspecified atom stereocenters. The van der Waals surface area contributed by atoms with Crippen molar-refractivity contribution in [3.05, 3.63) is 29.6 Å². The molecule has 100 valence electrons. The number of halogens is 1. The lowest BCUT2D eigenvalue weighted by Crippen LogP contribution is -2.25. The summed E-state index contributed by atoms with van der Waals surface area (Å²) < 4.78 is 14.1. The summed E-state index contributed by atoms with van der Waals surface area (Å²) in [5.74, 6) is 1.40. The number of anilines is 1. The van der Waals surface area contributed by atoms with Crippen LogP contribution in [0.15, 0.2) is 18.2 Å². The molecule has 1 fully saturated rings. The molecule has 2 rings (SSSR count). The minimum Gasteiger partial charge on any atom is -0.372 e. The lowest BCUT2D eigenvalue weighted by molar-refractivity contribution is 0.597. The minimum absolute atomic E-state index is 0.120. The van der Waals surface area contributed by atoms with Gasteiger partial charge in [-0.15, -0.1) is 0 Å². The molecule has 3 atom stereocenters. The van der Waals surface area contributed by atoms with Crippen molar-refractivity contribution in [2.75, 3.05) is 25.5 Å². The number of nitrogens with one attached hydrogen (secondary N) is 1. The Morgan fingerprint density at radius 3 is 2.72 bits per heavy atom. The van der Waals surface area contributed by atoms with E-state index in [9.17, 15) is 4.39 Å². The van der Waals surface area contributed by atoms with Crippen LogP contribution in [-0.2, 0) is 0 Å². The molecule has 2 nitrogen and oxygen atoms in total. The zero-order valence-corrected chi connectivity index (χ0v) is 11.7. The highest BCUT2D eigenvalue weighted by Crippen LogP contribution is 2.39. The monoisotopic (exact) mass is 250 g/mol. The van der Waals surface area contributed by atoms with Crippen molar-refractivity contribution in [3.8, 4) is 0 Å². The number of hydrogen-bond acceptors (Lipinski definition) is 2. The molecule has 0 amide bonds. The van der Waals surface area contributed by atoms with Gasteiger partial charge in [0.2, 0.25) is 0 Å². The summed E-state index contributed by atoms with van der Waals surface area (Å²) in [4.78, 5) is 2.08. The Morgan fingerprint density at radius 1 is 1.50 bits per heavy atom. The molecule has 1 saturated carbocycles. The predicted molar refractivity (Wildman–Crippen MR) is 74.4 cm³/mol. The zero-order chi connectivity index (χ0) is 13.3. The summed E-state index contributed by atoms with van der Waals surface area (Å²) in [6.07, 6.45) is 1.27. The van der Waals surface area contributed by atoms with Crippen molar-refractivity contribution < 1.29 is 4.39 Å². The van der Waals surface area contributed by atoms with E-state index in [0.717, 1.165) is 29.6 Å². The molecule has 1 aromatic carbocycles. The van der Waals surface area contributed by atoms with Gasteiger partial charge in [-0.3, -0.25) is 0 Å². The summed E-state index contributed by atoms with van der Waals surface area (Å²) in [5, 5.41) is 3.19. The number of hydrogen-bond donors (Lipinski definition) is 1. The van der Waals surface area contributed by atoms with Crippen LogP contribution in [0.1, 0.15) is 31.9 Å². The third-order valence-corrected chi connectivity index (χ3v) is 4.08. The van der Waals surface area contributed by atoms with E-state index < -0.39 is 0 Å². The molecule has 0 saturated heterocycles. The van der Waals surface area contributed by atoms with Gasteiger partial charge in [0, 0.05) is 19.6 Å². The Hall–Kier alpha value is -1.09. The molecule has 0 radical (unpaired) electrons. The smallest absolute Gasteiger partial charge is 0.146 e. The van der Waals surface area contributed by atoms with Gasteiger partial charge in [0.15, 0.2) is 0 Å². The van der Waals surface area contributed by atoms with Crippen LogP contribution in [0.3, 0.4) is 0 Å². The van der Waals surface area contributed by atoms with Crippen molar-refractivity contribution in [3.63, 3.8) is 0 Å². The van der Waals surface area contributed by atoms with Crippen molar-refractivity contribution in [1.82, 2.24) is 5.32 Å². The maximum atomic E-state index is 14.1. The molecule has 0 bridgehead atoms. The average Bonchev–Trinajstić information content (AvgIpc) is 3.03. The molecule has 1 aliphatic rings. The molecule has 0 aromatic heterocycles. The fraction of sp³-hybridized carbons (Fsp3) is 0.600. The van der Waals surface area contributed by atoms with Crippen LogP contribution in [0, 0.1) is 17.7 Å². The van der Waals surface area contributed by atoms with Crippen LogP contribution in [0.25, 0.3) is 0 Å². The van der Waals surface area contributed by atoms with Gasteiger partial charge in [0.25, 0.3) is 0 Å². The largest absolute Gasteiger partial charge is 0.372 e. The summed E-state index contributed by atoms with van der Waals surface area (Å²) in [5.41, 5.74) is 1.78. The van der Waals surface area contributed by atoms with Crippen LogP contribution in [-0.4, -0.2) is 20.6 Å². The molecular weight excluding hydrogens is 227 g/mol. The predicted octanol–water partition coefficient (Wildman–Crippen LogP) is 3.20. The van der Waals surface area contributed by atoms with Gasteiger partial charge in [-0.2, -0.15) is 0 Å². The number of rotatable bonds is 5. The maximum Gasteiger partial charge on any atom is 0.146 e. The van der Waals surface area contributed by atoms with E-state index in [1.807, 2.05) is 20.2 Å². The van der Waals surface area contributed by atoms with E-state index in [1.54, 1.807) is 12.1 Å². The van der Waals surface area contributed by atoms with Gasteiger partial charge in [-0.1, -0.05) is 19.1 Å². The first-order valence-electron chi connectivity index (χ1n) is 6.71. The highest BCUT2D eigenvalue weighted by atomic mass is 19.1. The number of para-hydroxylation sites is 1. The van der Waals surface area contributed by atoms with Crippen molar-refractivity contribution in [2.24, 2.45) is 11.8 Å². The standard InChI is InChI=1S/C15H23FN2/c1-10-8-12(10)9-18(4)15-13(11(2)17-3)6-5-7-14(15)16/h5-7,10-12,17H,8-9H2,1-4H3. The second-order valence-electron chi connectivity index (χ2n) is 5.54. The van der Waals surface area contributed by atoms with Gasteiger partial charge in [-0.05, 0) is 43.9 Å². The van der Waals surface area contributed by atoms with Crippen molar-refractivity contribution >= 4 is 5.69 Å². The highest BCUT2D eigenvalue weighted by molar-refractivity contribution is 5.55. The molecule has 0 spiro atoms. The van der Waals surface area contributed by atoms with Gasteiger partial charge in [0.05, 0.1) is 5.69 Å². The van der Waals surface area contributed by atoms with Crippen LogP contribution in [0.5, 0.6) is 0 Å². The summed E-state index contributed by atoms with van der Waals surface area (Å²) in [6, 6.07) is 5.51. The topological polar surface area (TPSA) is 15.3 Å². The van der Waals surface area contributed by atoms with E-state index in [1.165, 1.54) is 6.42 Å². The maximum absolute atomic E-state index is 14.1. The molecule has 1 aromatic rings. The van der Waals surface area contributed by atoms with Gasteiger partial charge in [0.1, 0.15) is 5.82 Å².